The first-order valence-corrected chi connectivity index (χ1v) is 3.12. The molecule has 0 radical (unpaired) electrons. The molecule has 54 valence electrons. The third kappa shape index (κ3) is 7.43. The van der Waals surface area contributed by atoms with Crippen LogP contribution in [-0.2, 0) is 0 Å². The third-order valence-electron chi connectivity index (χ3n) is 0.716. The summed E-state index contributed by atoms with van der Waals surface area (Å²) in [6.45, 7) is 6.56. The van der Waals surface area contributed by atoms with Crippen LogP contribution in [0.4, 0.5) is 0 Å². The van der Waals surface area contributed by atoms with Gasteiger partial charge in [0.1, 0.15) is 0 Å². The fourth-order valence-corrected chi connectivity index (χ4v) is 0.348. The van der Waals surface area contributed by atoms with Crippen molar-refractivity contribution in [1.29, 1.82) is 0 Å². The van der Waals surface area contributed by atoms with Gasteiger partial charge in [0.05, 0.1) is 0 Å². The van der Waals surface area contributed by atoms with E-state index in [0.29, 0.717) is 0 Å². The minimum absolute atomic E-state index is 0.174. The summed E-state index contributed by atoms with van der Waals surface area (Å²) in [6.07, 6.45) is 0. The van der Waals surface area contributed by atoms with E-state index in [1.54, 1.807) is 0 Å². The molecule has 0 saturated carbocycles. The molecule has 0 spiro atoms. The molecular formula is C6H15N3. The molecule has 0 saturated heterocycles. The molecule has 3 nitrogen and oxygen atoms in total. The lowest BCUT2D eigenvalue weighted by molar-refractivity contribution is 0.633. The third-order valence-corrected chi connectivity index (χ3v) is 0.716. The molecule has 0 aromatic heterocycles. The Labute approximate surface area is 56.3 Å². The van der Waals surface area contributed by atoms with Gasteiger partial charge in [-0.2, -0.15) is 5.10 Å². The monoisotopic (exact) mass is 129 g/mol. The molecule has 3 heteroatoms. The van der Waals surface area contributed by atoms with Crippen LogP contribution in [0.2, 0.25) is 0 Å². The average Bonchev–Trinajstić information content (AvgIpc) is 1.63. The SMILES string of the molecule is CC(C)=NNCC(C)N. The Morgan fingerprint density at radius 3 is 2.56 bits per heavy atom. The second-order valence-electron chi connectivity index (χ2n) is 2.40. The van der Waals surface area contributed by atoms with E-state index in [-0.39, 0.29) is 6.04 Å². The predicted octanol–water partition coefficient (Wildman–Crippen LogP) is 0.319. The van der Waals surface area contributed by atoms with Crippen LogP contribution in [0, 0.1) is 0 Å². The Morgan fingerprint density at radius 1 is 1.67 bits per heavy atom. The predicted molar refractivity (Wildman–Crippen MR) is 40.4 cm³/mol. The summed E-state index contributed by atoms with van der Waals surface area (Å²) in [5.74, 6) is 0. The van der Waals surface area contributed by atoms with Gasteiger partial charge in [-0.25, -0.2) is 0 Å². The molecule has 9 heavy (non-hydrogen) atoms. The van der Waals surface area contributed by atoms with Crippen LogP contribution >= 0.6 is 0 Å². The van der Waals surface area contributed by atoms with Crippen molar-refractivity contribution >= 4 is 5.71 Å². The Balaban J connectivity index is 3.20. The fourth-order valence-electron chi connectivity index (χ4n) is 0.348. The van der Waals surface area contributed by atoms with Crippen LogP contribution in [0.25, 0.3) is 0 Å². The van der Waals surface area contributed by atoms with E-state index in [9.17, 15) is 0 Å². The second-order valence-corrected chi connectivity index (χ2v) is 2.40. The van der Waals surface area contributed by atoms with E-state index < -0.39 is 0 Å². The number of rotatable bonds is 3. The Hall–Kier alpha value is -0.570. The Morgan fingerprint density at radius 2 is 2.22 bits per heavy atom. The number of nitrogens with two attached hydrogens (primary N) is 1. The standard InChI is InChI=1S/C6H15N3/c1-5(2)9-8-4-6(3)7/h6,8H,4,7H2,1-3H3. The molecule has 0 aliphatic rings. The maximum absolute atomic E-state index is 5.45. The summed E-state index contributed by atoms with van der Waals surface area (Å²) in [7, 11) is 0. The van der Waals surface area contributed by atoms with Crippen molar-refractivity contribution in [3.05, 3.63) is 0 Å². The summed E-state index contributed by atoms with van der Waals surface area (Å²) in [5, 5.41) is 3.95. The summed E-state index contributed by atoms with van der Waals surface area (Å²) in [6, 6.07) is 0.174. The van der Waals surface area contributed by atoms with Gasteiger partial charge in [-0.3, -0.25) is 0 Å². The highest BCUT2D eigenvalue weighted by Gasteiger charge is 1.87. The molecule has 0 bridgehead atoms. The lowest BCUT2D eigenvalue weighted by Gasteiger charge is -2.02. The number of hydrazone groups is 1. The smallest absolute Gasteiger partial charge is 0.0478 e. The number of hydrogen-bond acceptors (Lipinski definition) is 3. The van der Waals surface area contributed by atoms with E-state index in [1.807, 2.05) is 20.8 Å². The van der Waals surface area contributed by atoms with E-state index >= 15 is 0 Å². The van der Waals surface area contributed by atoms with Crippen molar-refractivity contribution in [1.82, 2.24) is 5.43 Å². The zero-order valence-corrected chi connectivity index (χ0v) is 6.31. The summed E-state index contributed by atoms with van der Waals surface area (Å²) < 4.78 is 0. The zero-order valence-electron chi connectivity index (χ0n) is 6.31. The first-order valence-electron chi connectivity index (χ1n) is 3.12. The molecule has 0 aromatic carbocycles. The maximum Gasteiger partial charge on any atom is 0.0478 e. The highest BCUT2D eigenvalue weighted by Crippen LogP contribution is 1.72. The van der Waals surface area contributed by atoms with Crippen molar-refractivity contribution in [3.8, 4) is 0 Å². The van der Waals surface area contributed by atoms with Crippen LogP contribution in [0.5, 0.6) is 0 Å². The molecule has 0 rings (SSSR count). The van der Waals surface area contributed by atoms with Crippen molar-refractivity contribution in [2.75, 3.05) is 6.54 Å². The minimum atomic E-state index is 0.174. The van der Waals surface area contributed by atoms with E-state index in [1.165, 1.54) is 0 Å². The molecule has 1 unspecified atom stereocenters. The Kier molecular flexibility index (Phi) is 4.05. The Bertz CT molecular complexity index is 92.5. The first kappa shape index (κ1) is 8.43. The molecular weight excluding hydrogens is 114 g/mol. The van der Waals surface area contributed by atoms with Crippen molar-refractivity contribution < 1.29 is 0 Å². The molecule has 3 N–H and O–H groups in total. The average molecular weight is 129 g/mol. The van der Waals surface area contributed by atoms with Gasteiger partial charge < -0.3 is 11.2 Å². The molecule has 0 aromatic rings. The van der Waals surface area contributed by atoms with E-state index in [0.717, 1.165) is 12.3 Å². The van der Waals surface area contributed by atoms with Crippen molar-refractivity contribution in [3.63, 3.8) is 0 Å². The highest BCUT2D eigenvalue weighted by molar-refractivity contribution is 5.78. The fraction of sp³-hybridized carbons (Fsp3) is 0.833. The van der Waals surface area contributed by atoms with Crippen LogP contribution in [-0.4, -0.2) is 18.3 Å². The number of nitrogens with one attached hydrogen (secondary N) is 1. The molecule has 0 aliphatic carbocycles. The van der Waals surface area contributed by atoms with Crippen molar-refractivity contribution in [2.45, 2.75) is 26.8 Å². The highest BCUT2D eigenvalue weighted by atomic mass is 15.3. The summed E-state index contributed by atoms with van der Waals surface area (Å²) in [5.41, 5.74) is 9.32. The van der Waals surface area contributed by atoms with Crippen LogP contribution in [0.3, 0.4) is 0 Å². The van der Waals surface area contributed by atoms with Crippen LogP contribution in [0.1, 0.15) is 20.8 Å². The second kappa shape index (κ2) is 4.32. The molecule has 0 amide bonds. The summed E-state index contributed by atoms with van der Waals surface area (Å²) >= 11 is 0. The lowest BCUT2D eigenvalue weighted by Crippen LogP contribution is -2.28. The minimum Gasteiger partial charge on any atom is -0.326 e. The van der Waals surface area contributed by atoms with E-state index in [2.05, 4.69) is 10.5 Å². The van der Waals surface area contributed by atoms with Crippen molar-refractivity contribution in [2.24, 2.45) is 10.8 Å². The van der Waals surface area contributed by atoms with Gasteiger partial charge in [0.25, 0.3) is 0 Å². The maximum atomic E-state index is 5.45. The van der Waals surface area contributed by atoms with Gasteiger partial charge in [0, 0.05) is 18.3 Å². The first-order chi connectivity index (χ1) is 4.13. The largest absolute Gasteiger partial charge is 0.326 e. The normalized spacial score (nSPS) is 12.4. The molecule has 0 aliphatic heterocycles. The van der Waals surface area contributed by atoms with Gasteiger partial charge in [0.15, 0.2) is 0 Å². The van der Waals surface area contributed by atoms with Gasteiger partial charge in [-0.05, 0) is 20.8 Å². The van der Waals surface area contributed by atoms with Crippen LogP contribution in [0.15, 0.2) is 5.10 Å². The van der Waals surface area contributed by atoms with Gasteiger partial charge in [0.2, 0.25) is 0 Å². The number of hydrogen-bond donors (Lipinski definition) is 2. The van der Waals surface area contributed by atoms with Crippen LogP contribution < -0.4 is 11.2 Å². The number of nitrogens with zero attached hydrogens (tertiary/aromatic N) is 1. The topological polar surface area (TPSA) is 50.4 Å². The van der Waals surface area contributed by atoms with Gasteiger partial charge in [-0.1, -0.05) is 0 Å². The van der Waals surface area contributed by atoms with E-state index in [4.69, 9.17) is 5.73 Å². The molecule has 0 heterocycles. The van der Waals surface area contributed by atoms with Gasteiger partial charge >= 0.3 is 0 Å². The lowest BCUT2D eigenvalue weighted by atomic mass is 10.4. The quantitative estimate of drug-likeness (QED) is 0.426. The zero-order chi connectivity index (χ0) is 7.28. The molecule has 0 fully saturated rings. The summed E-state index contributed by atoms with van der Waals surface area (Å²) in [4.78, 5) is 0. The van der Waals surface area contributed by atoms with Gasteiger partial charge in [-0.15, -0.1) is 0 Å². The molecule has 1 atom stereocenters.